The monoisotopic (exact) mass is 384 g/mol. The first-order valence-electron chi connectivity index (χ1n) is 7.67. The van der Waals surface area contributed by atoms with Gasteiger partial charge in [-0.1, -0.05) is 23.7 Å². The molecule has 1 aromatic heterocycles. The zero-order valence-electron chi connectivity index (χ0n) is 13.5. The van der Waals surface area contributed by atoms with E-state index in [2.05, 4.69) is 4.98 Å². The number of hydrogen-bond donors (Lipinski definition) is 0. The number of benzene rings is 2. The van der Waals surface area contributed by atoms with Crippen molar-refractivity contribution in [2.24, 2.45) is 0 Å². The first-order chi connectivity index (χ1) is 12.7. The van der Waals surface area contributed by atoms with E-state index < -0.39 is 5.97 Å². The lowest BCUT2D eigenvalue weighted by molar-refractivity contribution is 0.0444. The molecule has 0 amide bonds. The molecular formula is C19H13ClN2O3S. The van der Waals surface area contributed by atoms with Gasteiger partial charge in [0.2, 0.25) is 0 Å². The number of thiazole rings is 1. The van der Waals surface area contributed by atoms with Gasteiger partial charge in [-0.3, -0.25) is 0 Å². The van der Waals surface area contributed by atoms with Crippen molar-refractivity contribution >= 4 is 28.9 Å². The number of rotatable bonds is 6. The highest BCUT2D eigenvalue weighted by atomic mass is 35.5. The molecule has 0 unspecified atom stereocenters. The molecule has 3 aromatic rings. The Bertz CT molecular complexity index is 948. The molecule has 26 heavy (non-hydrogen) atoms. The molecule has 0 atom stereocenters. The highest BCUT2D eigenvalue weighted by molar-refractivity contribution is 7.13. The molecular weight excluding hydrogens is 372 g/mol. The van der Waals surface area contributed by atoms with Crippen molar-refractivity contribution in [3.63, 3.8) is 0 Å². The van der Waals surface area contributed by atoms with Crippen LogP contribution in [0.1, 0.15) is 16.1 Å². The van der Waals surface area contributed by atoms with Gasteiger partial charge < -0.3 is 9.47 Å². The molecule has 0 bridgehead atoms. The van der Waals surface area contributed by atoms with Gasteiger partial charge in [-0.05, 0) is 36.4 Å². The second-order valence-electron chi connectivity index (χ2n) is 5.17. The number of hydrogen-bond acceptors (Lipinski definition) is 6. The maximum absolute atomic E-state index is 12.1. The van der Waals surface area contributed by atoms with Gasteiger partial charge in [0.1, 0.15) is 24.0 Å². The van der Waals surface area contributed by atoms with E-state index in [1.807, 2.05) is 18.2 Å². The van der Waals surface area contributed by atoms with Crippen molar-refractivity contribution in [3.05, 3.63) is 70.2 Å². The summed E-state index contributed by atoms with van der Waals surface area (Å²) >= 11 is 7.32. The van der Waals surface area contributed by atoms with E-state index in [4.69, 9.17) is 26.3 Å². The average molecular weight is 385 g/mol. The first-order valence-corrected chi connectivity index (χ1v) is 8.93. The predicted octanol–water partition coefficient (Wildman–Crippen LogP) is 4.57. The lowest BCUT2D eigenvalue weighted by atomic mass is 10.2. The SMILES string of the molecule is N#Cc1ccc(OCCOC(=O)c2csc(-c3cccc(Cl)c3)n2)cc1. The molecule has 0 aliphatic heterocycles. The Hall–Kier alpha value is -2.88. The minimum Gasteiger partial charge on any atom is -0.490 e. The second-order valence-corrected chi connectivity index (χ2v) is 6.46. The van der Waals surface area contributed by atoms with Gasteiger partial charge >= 0.3 is 5.97 Å². The summed E-state index contributed by atoms with van der Waals surface area (Å²) in [7, 11) is 0. The van der Waals surface area contributed by atoms with Crippen molar-refractivity contribution < 1.29 is 14.3 Å². The normalized spacial score (nSPS) is 10.2. The fourth-order valence-electron chi connectivity index (χ4n) is 2.12. The lowest BCUT2D eigenvalue weighted by Gasteiger charge is -2.06. The van der Waals surface area contributed by atoms with Crippen molar-refractivity contribution in [2.45, 2.75) is 0 Å². The van der Waals surface area contributed by atoms with E-state index in [9.17, 15) is 4.79 Å². The molecule has 5 nitrogen and oxygen atoms in total. The Morgan fingerprint density at radius 3 is 2.73 bits per heavy atom. The number of halogens is 1. The Morgan fingerprint density at radius 1 is 1.19 bits per heavy atom. The van der Waals surface area contributed by atoms with Crippen molar-refractivity contribution in [1.29, 1.82) is 5.26 Å². The fraction of sp³-hybridized carbons (Fsp3) is 0.105. The third-order valence-electron chi connectivity index (χ3n) is 3.35. The van der Waals surface area contributed by atoms with E-state index in [-0.39, 0.29) is 18.9 Å². The summed E-state index contributed by atoms with van der Waals surface area (Å²) in [6.07, 6.45) is 0. The van der Waals surface area contributed by atoms with E-state index in [0.29, 0.717) is 21.3 Å². The number of esters is 1. The van der Waals surface area contributed by atoms with Crippen LogP contribution in [0.2, 0.25) is 5.02 Å². The molecule has 1 heterocycles. The van der Waals surface area contributed by atoms with Crippen LogP contribution in [-0.4, -0.2) is 24.2 Å². The van der Waals surface area contributed by atoms with Crippen LogP contribution in [0.25, 0.3) is 10.6 Å². The summed E-state index contributed by atoms with van der Waals surface area (Å²) in [5.41, 5.74) is 1.66. The number of carbonyl (C=O) groups excluding carboxylic acids is 1. The third kappa shape index (κ3) is 4.60. The fourth-order valence-corrected chi connectivity index (χ4v) is 3.09. The van der Waals surface area contributed by atoms with Crippen LogP contribution in [0.4, 0.5) is 0 Å². The van der Waals surface area contributed by atoms with Crippen molar-refractivity contribution in [2.75, 3.05) is 13.2 Å². The van der Waals surface area contributed by atoms with Gasteiger partial charge in [0.15, 0.2) is 5.69 Å². The van der Waals surface area contributed by atoms with E-state index in [0.717, 1.165) is 5.56 Å². The van der Waals surface area contributed by atoms with E-state index >= 15 is 0 Å². The van der Waals surface area contributed by atoms with Crippen LogP contribution in [0.5, 0.6) is 5.75 Å². The van der Waals surface area contributed by atoms with E-state index in [1.54, 1.807) is 41.8 Å². The highest BCUT2D eigenvalue weighted by Crippen LogP contribution is 2.26. The summed E-state index contributed by atoms with van der Waals surface area (Å²) in [5, 5.41) is 11.7. The number of nitrogens with zero attached hydrogens (tertiary/aromatic N) is 2. The largest absolute Gasteiger partial charge is 0.490 e. The Morgan fingerprint density at radius 2 is 2.00 bits per heavy atom. The topological polar surface area (TPSA) is 72.2 Å². The van der Waals surface area contributed by atoms with Crippen LogP contribution in [0.3, 0.4) is 0 Å². The Balaban J connectivity index is 1.50. The molecule has 0 aliphatic carbocycles. The van der Waals surface area contributed by atoms with Gasteiger partial charge in [-0.15, -0.1) is 11.3 Å². The zero-order chi connectivity index (χ0) is 18.4. The van der Waals surface area contributed by atoms with Gasteiger partial charge in [0.25, 0.3) is 0 Å². The quantitative estimate of drug-likeness (QED) is 0.459. The summed E-state index contributed by atoms with van der Waals surface area (Å²) in [6.45, 7) is 0.311. The molecule has 3 rings (SSSR count). The van der Waals surface area contributed by atoms with Crippen LogP contribution in [-0.2, 0) is 4.74 Å². The minimum absolute atomic E-state index is 0.100. The maximum Gasteiger partial charge on any atom is 0.357 e. The molecule has 0 N–H and O–H groups in total. The molecule has 0 fully saturated rings. The van der Waals surface area contributed by atoms with Crippen molar-refractivity contribution in [1.82, 2.24) is 4.98 Å². The smallest absolute Gasteiger partial charge is 0.357 e. The van der Waals surface area contributed by atoms with Gasteiger partial charge in [-0.25, -0.2) is 9.78 Å². The molecule has 0 saturated carbocycles. The molecule has 130 valence electrons. The van der Waals surface area contributed by atoms with Gasteiger partial charge in [0, 0.05) is 16.0 Å². The van der Waals surface area contributed by atoms with Crippen LogP contribution < -0.4 is 4.74 Å². The van der Waals surface area contributed by atoms with Crippen LogP contribution >= 0.6 is 22.9 Å². The summed E-state index contributed by atoms with van der Waals surface area (Å²) in [5.74, 6) is 0.106. The maximum atomic E-state index is 12.1. The average Bonchev–Trinajstić information content (AvgIpc) is 3.16. The molecule has 0 aliphatic rings. The lowest BCUT2D eigenvalue weighted by Crippen LogP contribution is -2.12. The summed E-state index contributed by atoms with van der Waals surface area (Å²) in [4.78, 5) is 16.3. The van der Waals surface area contributed by atoms with Crippen LogP contribution in [0, 0.1) is 11.3 Å². The Kier molecular flexibility index (Phi) is 5.84. The molecule has 0 spiro atoms. The molecule has 0 radical (unpaired) electrons. The standard InChI is InChI=1S/C19H13ClN2O3S/c20-15-3-1-2-14(10-15)18-22-17(12-26-18)19(23)25-9-8-24-16-6-4-13(11-21)5-7-16/h1-7,10,12H,8-9H2. The first kappa shape index (κ1) is 17.9. The second kappa shape index (κ2) is 8.48. The van der Waals surface area contributed by atoms with Crippen molar-refractivity contribution in [3.8, 4) is 22.4 Å². The third-order valence-corrected chi connectivity index (χ3v) is 4.48. The minimum atomic E-state index is -0.502. The van der Waals surface area contributed by atoms with Gasteiger partial charge in [-0.2, -0.15) is 5.26 Å². The molecule has 0 saturated heterocycles. The van der Waals surface area contributed by atoms with E-state index in [1.165, 1.54) is 11.3 Å². The summed E-state index contributed by atoms with van der Waals surface area (Å²) in [6, 6.07) is 16.0. The number of carbonyl (C=O) groups is 1. The summed E-state index contributed by atoms with van der Waals surface area (Å²) < 4.78 is 10.6. The van der Waals surface area contributed by atoms with Gasteiger partial charge in [0.05, 0.1) is 11.6 Å². The zero-order valence-corrected chi connectivity index (χ0v) is 15.1. The molecule has 7 heteroatoms. The highest BCUT2D eigenvalue weighted by Gasteiger charge is 2.13. The number of ether oxygens (including phenoxy) is 2. The van der Waals surface area contributed by atoms with Crippen LogP contribution in [0.15, 0.2) is 53.9 Å². The molecule has 2 aromatic carbocycles. The Labute approximate surface area is 159 Å². The number of aromatic nitrogens is 1. The predicted molar refractivity (Wildman–Crippen MR) is 99.5 cm³/mol. The number of nitriles is 1.